The van der Waals surface area contributed by atoms with Gasteiger partial charge in [0.25, 0.3) is 0 Å². The van der Waals surface area contributed by atoms with Crippen molar-refractivity contribution in [3.05, 3.63) is 12.3 Å². The minimum Gasteiger partial charge on any atom is -0.480 e. The summed E-state index contributed by atoms with van der Waals surface area (Å²) in [6, 6.07) is -2.59. The van der Waals surface area contributed by atoms with Crippen LogP contribution in [0.25, 0.3) is 0 Å². The molecule has 2 saturated heterocycles. The standard InChI is InChI=1S/C21H31N7O13/c29-9-13-12(30)5-15(41-13)28-11-26(20(39)24-21(28)40)4-1-14(31)22-2-3-23-19(38)27(8-18(36)37)10-25(6-16(32)33)7-17(34)35/h1,4,12-13,15,29-30H,2-3,5-11H2,(H,22,31)(H,23,38)(H,32,33)(H,34,35)(H,36,37)(H,24,39,40)/b4-1+/t12-,13+,15+/m0/s1. The molecule has 228 valence electrons. The molecule has 8 N–H and O–H groups in total. The number of imide groups is 1. The van der Waals surface area contributed by atoms with Gasteiger partial charge in [0.05, 0.1) is 32.5 Å². The summed E-state index contributed by atoms with van der Waals surface area (Å²) in [6.45, 7) is -4.16. The van der Waals surface area contributed by atoms with E-state index in [4.69, 9.17) is 20.1 Å². The Morgan fingerprint density at radius 1 is 0.976 bits per heavy atom. The highest BCUT2D eigenvalue weighted by Gasteiger charge is 2.41. The highest BCUT2D eigenvalue weighted by molar-refractivity contribution is 5.96. The predicted octanol–water partition coefficient (Wildman–Crippen LogP) is -3.99. The normalized spacial score (nSPS) is 20.7. The molecule has 41 heavy (non-hydrogen) atoms. The number of aliphatic carboxylic acids is 3. The van der Waals surface area contributed by atoms with E-state index in [-0.39, 0.29) is 26.2 Å². The van der Waals surface area contributed by atoms with Gasteiger partial charge in [-0.15, -0.1) is 0 Å². The van der Waals surface area contributed by atoms with Gasteiger partial charge >= 0.3 is 36.0 Å². The first kappa shape index (κ1) is 32.7. The minimum absolute atomic E-state index is 0.00234. The predicted molar refractivity (Wildman–Crippen MR) is 130 cm³/mol. The van der Waals surface area contributed by atoms with Gasteiger partial charge in [0.15, 0.2) is 0 Å². The SMILES string of the molecule is O=C(O)CN(CC(=O)O)CN(CC(=O)O)C(=O)NCCNC(=O)/C=C/N1CN([C@H]2C[C@H](O)[C@@H](CO)O2)C(=O)NC1=O. The largest absolute Gasteiger partial charge is 0.480 e. The average Bonchev–Trinajstić information content (AvgIpc) is 3.24. The van der Waals surface area contributed by atoms with Crippen LogP contribution < -0.4 is 16.0 Å². The fraction of sp³-hybridized carbons (Fsp3) is 0.571. The number of carbonyl (C=O) groups excluding carboxylic acids is 4. The van der Waals surface area contributed by atoms with Gasteiger partial charge in [-0.3, -0.25) is 39.2 Å². The van der Waals surface area contributed by atoms with Crippen LogP contribution in [0.1, 0.15) is 6.42 Å². The first-order chi connectivity index (χ1) is 19.3. The first-order valence-corrected chi connectivity index (χ1v) is 12.0. The van der Waals surface area contributed by atoms with Crippen molar-refractivity contribution in [1.29, 1.82) is 0 Å². The van der Waals surface area contributed by atoms with Crippen molar-refractivity contribution in [2.75, 3.05) is 52.7 Å². The number of nitrogens with zero attached hydrogens (tertiary/aromatic N) is 4. The fourth-order valence-corrected chi connectivity index (χ4v) is 3.75. The lowest BCUT2D eigenvalue weighted by atomic mass is 10.2. The molecule has 7 amide bonds. The molecule has 0 aromatic carbocycles. The molecular weight excluding hydrogens is 558 g/mol. The maximum absolute atomic E-state index is 12.4. The van der Waals surface area contributed by atoms with E-state index in [1.54, 1.807) is 0 Å². The summed E-state index contributed by atoms with van der Waals surface area (Å²) in [7, 11) is 0. The molecule has 20 heteroatoms. The molecular formula is C21H31N7O13. The molecule has 0 spiro atoms. The lowest BCUT2D eigenvalue weighted by molar-refractivity contribution is -0.142. The second-order valence-electron chi connectivity index (χ2n) is 8.78. The van der Waals surface area contributed by atoms with Gasteiger partial charge in [0.2, 0.25) is 5.91 Å². The Hall–Kier alpha value is -4.53. The van der Waals surface area contributed by atoms with E-state index in [9.17, 15) is 43.8 Å². The topological polar surface area (TPSA) is 279 Å². The molecule has 0 aromatic rings. The minimum atomic E-state index is -1.44. The Bertz CT molecular complexity index is 1040. The second-order valence-corrected chi connectivity index (χ2v) is 8.78. The van der Waals surface area contributed by atoms with Crippen molar-refractivity contribution in [2.45, 2.75) is 24.9 Å². The highest BCUT2D eigenvalue weighted by atomic mass is 16.5. The number of aliphatic hydroxyl groups excluding tert-OH is 2. The van der Waals surface area contributed by atoms with E-state index in [1.807, 2.05) is 0 Å². The summed E-state index contributed by atoms with van der Waals surface area (Å²) in [5.41, 5.74) is 0. The molecule has 0 unspecified atom stereocenters. The van der Waals surface area contributed by atoms with Crippen LogP contribution in [0.2, 0.25) is 0 Å². The van der Waals surface area contributed by atoms with Gasteiger partial charge in [-0.25, -0.2) is 14.4 Å². The van der Waals surface area contributed by atoms with Gasteiger partial charge in [0, 0.05) is 31.8 Å². The van der Waals surface area contributed by atoms with Crippen LogP contribution in [0.15, 0.2) is 12.3 Å². The Kier molecular flexibility index (Phi) is 12.2. The number of hydrogen-bond acceptors (Lipinski definition) is 11. The van der Waals surface area contributed by atoms with Gasteiger partial charge in [0.1, 0.15) is 25.5 Å². The van der Waals surface area contributed by atoms with E-state index < -0.39 is 93.3 Å². The number of rotatable bonds is 15. The van der Waals surface area contributed by atoms with Gasteiger partial charge < -0.3 is 45.8 Å². The Morgan fingerprint density at radius 3 is 2.15 bits per heavy atom. The Balaban J connectivity index is 1.85. The zero-order valence-corrected chi connectivity index (χ0v) is 21.5. The van der Waals surface area contributed by atoms with Gasteiger partial charge in [-0.1, -0.05) is 0 Å². The van der Waals surface area contributed by atoms with Crippen LogP contribution in [0, 0.1) is 0 Å². The van der Waals surface area contributed by atoms with Crippen molar-refractivity contribution in [1.82, 2.24) is 35.6 Å². The third-order valence-electron chi connectivity index (χ3n) is 5.58. The Labute approximate surface area is 231 Å². The van der Waals surface area contributed by atoms with Crippen LogP contribution in [0.3, 0.4) is 0 Å². The molecule has 0 saturated carbocycles. The van der Waals surface area contributed by atoms with Crippen LogP contribution in [0.4, 0.5) is 14.4 Å². The average molecular weight is 590 g/mol. The second kappa shape index (κ2) is 15.3. The zero-order chi connectivity index (χ0) is 30.7. The van der Waals surface area contributed by atoms with Crippen molar-refractivity contribution in [3.8, 4) is 0 Å². The van der Waals surface area contributed by atoms with Crippen LogP contribution in [-0.4, -0.2) is 158 Å². The number of aliphatic hydroxyl groups is 2. The monoisotopic (exact) mass is 589 g/mol. The van der Waals surface area contributed by atoms with Crippen molar-refractivity contribution in [2.24, 2.45) is 0 Å². The molecule has 2 fully saturated rings. The van der Waals surface area contributed by atoms with Gasteiger partial charge in [-0.05, 0) is 0 Å². The number of carboxylic acids is 3. The summed E-state index contributed by atoms with van der Waals surface area (Å²) in [5, 5.41) is 52.7. The maximum Gasteiger partial charge on any atom is 0.330 e. The number of carboxylic acid groups (broad SMARTS) is 3. The summed E-state index contributed by atoms with van der Waals surface area (Å²) in [5.74, 6) is -4.92. The van der Waals surface area contributed by atoms with E-state index >= 15 is 0 Å². The summed E-state index contributed by atoms with van der Waals surface area (Å²) < 4.78 is 5.42. The quantitative estimate of drug-likeness (QED) is 0.0514. The number of nitrogens with one attached hydrogen (secondary N) is 3. The van der Waals surface area contributed by atoms with Crippen LogP contribution in [0.5, 0.6) is 0 Å². The molecule has 0 radical (unpaired) electrons. The molecule has 0 aliphatic carbocycles. The molecule has 2 aliphatic rings. The van der Waals surface area contributed by atoms with E-state index in [1.165, 1.54) is 0 Å². The third-order valence-corrected chi connectivity index (χ3v) is 5.58. The summed E-state index contributed by atoms with van der Waals surface area (Å²) in [6.07, 6.45) is -0.809. The zero-order valence-electron chi connectivity index (χ0n) is 21.5. The summed E-state index contributed by atoms with van der Waals surface area (Å²) >= 11 is 0. The van der Waals surface area contributed by atoms with Crippen LogP contribution >= 0.6 is 0 Å². The highest BCUT2D eigenvalue weighted by Crippen LogP contribution is 2.24. The fourth-order valence-electron chi connectivity index (χ4n) is 3.75. The van der Waals surface area contributed by atoms with Crippen LogP contribution in [-0.2, 0) is 23.9 Å². The van der Waals surface area contributed by atoms with E-state index in [0.29, 0.717) is 4.90 Å². The lowest BCUT2D eigenvalue weighted by Gasteiger charge is -2.36. The number of urea groups is 3. The number of carbonyl (C=O) groups is 7. The molecule has 0 bridgehead atoms. The molecule has 0 aromatic heterocycles. The van der Waals surface area contributed by atoms with Crippen molar-refractivity contribution < 1.29 is 63.8 Å². The molecule has 2 aliphatic heterocycles. The van der Waals surface area contributed by atoms with Gasteiger partial charge in [-0.2, -0.15) is 0 Å². The maximum atomic E-state index is 12.4. The third kappa shape index (κ3) is 10.5. The Morgan fingerprint density at radius 2 is 1.59 bits per heavy atom. The molecule has 3 atom stereocenters. The number of hydrogen-bond donors (Lipinski definition) is 8. The van der Waals surface area contributed by atoms with Crippen molar-refractivity contribution in [3.63, 3.8) is 0 Å². The smallest absolute Gasteiger partial charge is 0.330 e. The molecule has 2 heterocycles. The lowest BCUT2D eigenvalue weighted by Crippen LogP contribution is -2.60. The number of ether oxygens (including phenoxy) is 1. The molecule has 20 nitrogen and oxygen atoms in total. The first-order valence-electron chi connectivity index (χ1n) is 12.0. The van der Waals surface area contributed by atoms with E-state index in [0.717, 1.165) is 27.0 Å². The number of amides is 7. The van der Waals surface area contributed by atoms with Crippen molar-refractivity contribution >= 4 is 41.9 Å². The molecule has 2 rings (SSSR count). The summed E-state index contributed by atoms with van der Waals surface area (Å²) in [4.78, 5) is 85.5. The van der Waals surface area contributed by atoms with E-state index in [2.05, 4.69) is 16.0 Å².